The van der Waals surface area contributed by atoms with Crippen LogP contribution in [0.1, 0.15) is 100 Å². The summed E-state index contributed by atoms with van der Waals surface area (Å²) in [5.74, 6) is -3.18. The van der Waals surface area contributed by atoms with Crippen LogP contribution in [0.4, 0.5) is 0 Å². The third-order valence-electron chi connectivity index (χ3n) is 11.1. The monoisotopic (exact) mass is 1370 g/mol. The average Bonchev–Trinajstić information content (AvgIpc) is 4.10. The fraction of sp³-hybridized carbons (Fsp3) is 0.763. The summed E-state index contributed by atoms with van der Waals surface area (Å²) in [4.78, 5) is 94.5. The molecular formula is C38H69N11O25S9. The molecule has 9 saturated heterocycles. The van der Waals surface area contributed by atoms with E-state index in [1.165, 1.54) is 14.0 Å². The lowest BCUT2D eigenvalue weighted by Crippen LogP contribution is -2.51. The molecule has 0 aromatic heterocycles. The summed E-state index contributed by atoms with van der Waals surface area (Å²) in [6.45, 7) is 13.3. The number of hydrogen-bond acceptors (Lipinski definition) is 25. The number of rotatable bonds is 0. The molecule has 0 aromatic rings. The molecule has 9 aliphatic rings. The minimum atomic E-state index is -3.53. The molecule has 10 unspecified atom stereocenters. The standard InChI is InChI=1S/3C5H9NO3S.C4H8N2O3S.2C4H7NO3S.2C4H7NO2S.C3H6N2O3S/c1-4-2-5(7)6-10(8,9)3-4;1-4-2-3-10(8,9)6-5(4)7;1-4-2-3-5(7)6-10(4,8)9;1-3-2-4(7)6-10(8,9)5-3;1-3-2-9(7,8)5-4(3)6;1-3-2-4(6)5-9(3,7)8;1-3-2-8(7)5-4(3)6;1-3-2-4(6)5-8(3)7;1-5-2-3(6)4-9(5,7)8/h3*4H,2-3H2,1H3,(H,6,7);3,5H,2H2,1H3,(H,6,7);2*3H,2H2,1H3,(H,5,6);2*3H,2H2,1H3,(H,5,6);2H2,1H3,(H,4,6). The minimum Gasteiger partial charge on any atom is -0.275 e. The zero-order valence-electron chi connectivity index (χ0n) is 45.9. The number of likely N-dealkylation sites (N-methyl/N-ethyl adjacent to an activating group) is 1. The Balaban J connectivity index is 0.000000467. The van der Waals surface area contributed by atoms with E-state index in [4.69, 9.17) is 0 Å². The van der Waals surface area contributed by atoms with Crippen LogP contribution in [0.2, 0.25) is 0 Å². The third-order valence-corrected chi connectivity index (χ3v) is 24.1. The topological polar surface area (TPSA) is 550 Å². The van der Waals surface area contributed by atoms with Crippen molar-refractivity contribution < 1.29 is 110 Å². The highest BCUT2D eigenvalue weighted by Crippen LogP contribution is 2.14. The van der Waals surface area contributed by atoms with Crippen LogP contribution < -0.4 is 47.2 Å². The minimum absolute atomic E-state index is 0.00231. The molecule has 9 rings (SSSR count). The smallest absolute Gasteiger partial charge is 0.275 e. The van der Waals surface area contributed by atoms with Crippen LogP contribution >= 0.6 is 0 Å². The highest BCUT2D eigenvalue weighted by molar-refractivity contribution is 7.92. The molecule has 9 fully saturated rings. The maximum atomic E-state index is 10.9. The van der Waals surface area contributed by atoms with Gasteiger partial charge in [-0.3, -0.25) is 76.2 Å². The molecule has 36 nitrogen and oxygen atoms in total. The van der Waals surface area contributed by atoms with Gasteiger partial charge in [0.15, 0.2) is 0 Å². The van der Waals surface area contributed by atoms with Crippen molar-refractivity contribution in [3.05, 3.63) is 0 Å². The molecule has 0 bridgehead atoms. The first-order valence-electron chi connectivity index (χ1n) is 24.2. The Hall–Kier alpha value is -4.90. The maximum Gasteiger partial charge on any atom is 0.304 e. The molecule has 480 valence electrons. The molecule has 10 atom stereocenters. The van der Waals surface area contributed by atoms with E-state index in [0.717, 1.165) is 4.31 Å². The molecule has 0 spiro atoms. The number of carbonyl (C=O) groups excluding carboxylic acids is 9. The van der Waals surface area contributed by atoms with Crippen LogP contribution in [0.25, 0.3) is 0 Å². The fourth-order valence-corrected chi connectivity index (χ4v) is 16.3. The Morgan fingerprint density at radius 2 is 0.964 bits per heavy atom. The van der Waals surface area contributed by atoms with Crippen LogP contribution in [0.5, 0.6) is 0 Å². The van der Waals surface area contributed by atoms with Gasteiger partial charge in [0.05, 0.1) is 51.2 Å². The second-order valence-electron chi connectivity index (χ2n) is 19.5. The predicted octanol–water partition coefficient (Wildman–Crippen LogP) is -7.14. The van der Waals surface area contributed by atoms with Crippen molar-refractivity contribution in [2.45, 2.75) is 122 Å². The van der Waals surface area contributed by atoms with E-state index in [1.807, 2.05) is 28.3 Å². The van der Waals surface area contributed by atoms with Gasteiger partial charge in [0.25, 0.3) is 0 Å². The summed E-state index contributed by atoms with van der Waals surface area (Å²) in [6.07, 6.45) is 2.23. The number of carbonyl (C=O) groups is 9. The van der Waals surface area contributed by atoms with Gasteiger partial charge >= 0.3 is 20.4 Å². The zero-order valence-corrected chi connectivity index (χ0v) is 53.3. The molecule has 0 radical (unpaired) electrons. The molecule has 83 heavy (non-hydrogen) atoms. The summed E-state index contributed by atoms with van der Waals surface area (Å²) in [6, 6.07) is -0.293. The molecule has 9 amide bonds. The predicted molar refractivity (Wildman–Crippen MR) is 294 cm³/mol. The first kappa shape index (κ1) is 76.1. The Labute approximate surface area is 487 Å². The third kappa shape index (κ3) is 29.2. The molecule has 10 N–H and O–H groups in total. The lowest BCUT2D eigenvalue weighted by Gasteiger charge is -2.19. The van der Waals surface area contributed by atoms with Gasteiger partial charge in [-0.1, -0.05) is 27.7 Å². The number of amides is 9. The lowest BCUT2D eigenvalue weighted by atomic mass is 10.1. The van der Waals surface area contributed by atoms with Gasteiger partial charge in [-0.05, 0) is 46.5 Å². The largest absolute Gasteiger partial charge is 0.304 e. The molecule has 0 aromatic carbocycles. The quantitative estimate of drug-likeness (QED) is 0.108. The van der Waals surface area contributed by atoms with E-state index in [9.17, 15) is 110 Å². The zero-order chi connectivity index (χ0) is 64.6. The summed E-state index contributed by atoms with van der Waals surface area (Å²) >= 11 is 0. The number of nitrogens with zero attached hydrogens (tertiary/aromatic N) is 1. The lowest BCUT2D eigenvalue weighted by molar-refractivity contribution is -0.123. The van der Waals surface area contributed by atoms with E-state index in [0.29, 0.717) is 37.9 Å². The van der Waals surface area contributed by atoms with E-state index in [1.54, 1.807) is 53.2 Å². The molecule has 9 heterocycles. The van der Waals surface area contributed by atoms with Crippen LogP contribution in [-0.2, 0) is 136 Å². The number of nitrogens with one attached hydrogen (secondary N) is 10. The Morgan fingerprint density at radius 1 is 0.458 bits per heavy atom. The molecular weight excluding hydrogens is 1300 g/mol. The number of sulfonamides is 5. The molecule has 9 aliphatic heterocycles. The molecule has 45 heteroatoms. The Kier molecular flexibility index (Phi) is 28.9. The van der Waals surface area contributed by atoms with Crippen LogP contribution in [0, 0.1) is 23.7 Å². The van der Waals surface area contributed by atoms with Crippen molar-refractivity contribution in [2.24, 2.45) is 23.7 Å². The average molecular weight is 1370 g/mol. The van der Waals surface area contributed by atoms with Crippen LogP contribution in [0.3, 0.4) is 0 Å². The van der Waals surface area contributed by atoms with Crippen molar-refractivity contribution in [3.63, 3.8) is 0 Å². The van der Waals surface area contributed by atoms with Gasteiger partial charge < -0.3 is 0 Å². The normalized spacial score (nSPS) is 32.1. The van der Waals surface area contributed by atoms with Crippen LogP contribution in [-0.4, -0.2) is 183 Å². The summed E-state index contributed by atoms with van der Waals surface area (Å²) in [5.41, 5.74) is 0. The fourth-order valence-electron chi connectivity index (χ4n) is 6.44. The summed E-state index contributed by atoms with van der Waals surface area (Å²) < 4.78 is 191. The van der Waals surface area contributed by atoms with E-state index in [-0.39, 0.29) is 89.3 Å². The van der Waals surface area contributed by atoms with Gasteiger partial charge in [0.2, 0.25) is 103 Å². The van der Waals surface area contributed by atoms with Crippen molar-refractivity contribution in [3.8, 4) is 0 Å². The van der Waals surface area contributed by atoms with Crippen molar-refractivity contribution in [1.29, 1.82) is 0 Å². The van der Waals surface area contributed by atoms with Gasteiger partial charge in [0, 0.05) is 57.0 Å². The SMILES string of the molecule is CC1CC(=O)NS(=O)(=O)C1.CC1CC(=O)NS(=O)(=O)N1.CC1CC(=O)NS1(=O)=O.CC1CC(=O)NS1=O.CC1CCC(=O)NS1(=O)=O.CC1CCS(=O)(=O)NC1=O.CC1CS(=O)(=O)NC1=O.CC1CS(=O)NC1=O.CN1CC(=O)NS1(=O)=O. The van der Waals surface area contributed by atoms with Crippen LogP contribution in [0.15, 0.2) is 0 Å². The summed E-state index contributed by atoms with van der Waals surface area (Å²) in [7, 11) is -24.2. The van der Waals surface area contributed by atoms with E-state index >= 15 is 0 Å². The van der Waals surface area contributed by atoms with Crippen molar-refractivity contribution in [2.75, 3.05) is 36.6 Å². The second-order valence-corrected chi connectivity index (χ2v) is 35.1. The van der Waals surface area contributed by atoms with Crippen molar-refractivity contribution >= 4 is 146 Å². The van der Waals surface area contributed by atoms with E-state index < -0.39 is 138 Å². The summed E-state index contributed by atoms with van der Waals surface area (Å²) in [5, 5.41) is -0.974. The maximum absolute atomic E-state index is 10.9. The second kappa shape index (κ2) is 31.5. The Morgan fingerprint density at radius 3 is 1.22 bits per heavy atom. The Bertz CT molecular complexity index is 3200. The number of hydrogen-bond donors (Lipinski definition) is 10. The first-order valence-corrected chi connectivity index (χ1v) is 37.7. The van der Waals surface area contributed by atoms with Gasteiger partial charge in [-0.2, -0.15) is 25.9 Å². The van der Waals surface area contributed by atoms with Crippen molar-refractivity contribution in [1.82, 2.24) is 51.5 Å². The molecule has 0 saturated carbocycles. The highest BCUT2D eigenvalue weighted by atomic mass is 32.2. The van der Waals surface area contributed by atoms with Gasteiger partial charge in [0.1, 0.15) is 22.0 Å². The van der Waals surface area contributed by atoms with Gasteiger partial charge in [-0.25, -0.2) is 60.0 Å². The molecule has 0 aliphatic carbocycles. The van der Waals surface area contributed by atoms with E-state index in [2.05, 4.69) is 14.2 Å². The highest BCUT2D eigenvalue weighted by Gasteiger charge is 2.34. The van der Waals surface area contributed by atoms with Gasteiger partial charge in [-0.15, -0.1) is 0 Å². The first-order chi connectivity index (χ1) is 37.5.